The van der Waals surface area contributed by atoms with E-state index in [2.05, 4.69) is 27.4 Å². The van der Waals surface area contributed by atoms with E-state index in [1.54, 1.807) is 27.9 Å². The summed E-state index contributed by atoms with van der Waals surface area (Å²) in [6.45, 7) is 6.23. The molecule has 0 saturated heterocycles. The minimum Gasteiger partial charge on any atom is -0.497 e. The highest BCUT2D eigenvalue weighted by atomic mass is 16.5. The quantitative estimate of drug-likeness (QED) is 0.595. The highest BCUT2D eigenvalue weighted by molar-refractivity contribution is 5.91. The van der Waals surface area contributed by atoms with Gasteiger partial charge in [-0.1, -0.05) is 36.4 Å². The number of ether oxygens (including phenoxy) is 2. The highest BCUT2D eigenvalue weighted by Crippen LogP contribution is 2.26. The number of methoxy groups -OCH3 is 1. The van der Waals surface area contributed by atoms with Gasteiger partial charge in [0, 0.05) is 6.54 Å². The zero-order chi connectivity index (χ0) is 20.8. The molecule has 3 aromatic rings. The van der Waals surface area contributed by atoms with E-state index in [0.717, 1.165) is 22.4 Å². The molecule has 0 aliphatic heterocycles. The molecule has 0 bridgehead atoms. The number of hydrogen-bond acceptors (Lipinski definition) is 6. The van der Waals surface area contributed by atoms with Gasteiger partial charge in [-0.2, -0.15) is 0 Å². The van der Waals surface area contributed by atoms with Crippen LogP contribution in [0.25, 0.3) is 11.1 Å². The molecule has 1 heterocycles. The second-order valence-corrected chi connectivity index (χ2v) is 6.55. The first kappa shape index (κ1) is 20.3. The Kier molecular flexibility index (Phi) is 6.44. The standard InChI is InChI=1S/C23H25N3O3/c1-5-29-22(27)21-15(2)25-23(26-16(21)3)24-14-18-8-6-7-9-20(18)17-10-12-19(28-4)13-11-17/h6-13H,5,14H2,1-4H3,(H,24,25,26). The summed E-state index contributed by atoms with van der Waals surface area (Å²) < 4.78 is 10.3. The van der Waals surface area contributed by atoms with E-state index < -0.39 is 0 Å². The molecule has 6 nitrogen and oxygen atoms in total. The van der Waals surface area contributed by atoms with Gasteiger partial charge in [0.25, 0.3) is 0 Å². The van der Waals surface area contributed by atoms with Crippen LogP contribution in [0.15, 0.2) is 48.5 Å². The van der Waals surface area contributed by atoms with Crippen molar-refractivity contribution in [1.82, 2.24) is 9.97 Å². The number of aryl methyl sites for hydroxylation is 2. The van der Waals surface area contributed by atoms with Crippen molar-refractivity contribution in [2.24, 2.45) is 0 Å². The van der Waals surface area contributed by atoms with E-state index in [0.29, 0.717) is 36.1 Å². The number of nitrogens with one attached hydrogen (secondary N) is 1. The average Bonchev–Trinajstić information content (AvgIpc) is 2.72. The van der Waals surface area contributed by atoms with Crippen LogP contribution in [0.4, 0.5) is 5.95 Å². The van der Waals surface area contributed by atoms with Crippen LogP contribution < -0.4 is 10.1 Å². The van der Waals surface area contributed by atoms with Gasteiger partial charge in [0.05, 0.1) is 25.1 Å². The predicted octanol–water partition coefficient (Wildman–Crippen LogP) is 4.56. The summed E-state index contributed by atoms with van der Waals surface area (Å²) >= 11 is 0. The van der Waals surface area contributed by atoms with Crippen molar-refractivity contribution in [3.63, 3.8) is 0 Å². The van der Waals surface area contributed by atoms with Crippen LogP contribution in [0.1, 0.15) is 34.2 Å². The minimum absolute atomic E-state index is 0.319. The normalized spacial score (nSPS) is 10.5. The number of hydrogen-bond donors (Lipinski definition) is 1. The van der Waals surface area contributed by atoms with Crippen LogP contribution in [0.2, 0.25) is 0 Å². The molecule has 6 heteroatoms. The summed E-state index contributed by atoms with van der Waals surface area (Å²) in [5.74, 6) is 0.918. The molecule has 1 aromatic heterocycles. The molecule has 150 valence electrons. The van der Waals surface area contributed by atoms with Gasteiger partial charge in [0.1, 0.15) is 11.3 Å². The molecule has 3 rings (SSSR count). The molecule has 0 saturated carbocycles. The summed E-state index contributed by atoms with van der Waals surface area (Å²) in [6, 6.07) is 16.1. The fourth-order valence-corrected chi connectivity index (χ4v) is 3.19. The van der Waals surface area contributed by atoms with E-state index in [-0.39, 0.29) is 5.97 Å². The first-order valence-corrected chi connectivity index (χ1v) is 9.52. The summed E-state index contributed by atoms with van der Waals surface area (Å²) in [5, 5.41) is 3.27. The Bertz CT molecular complexity index is 977. The molecular weight excluding hydrogens is 366 g/mol. The zero-order valence-corrected chi connectivity index (χ0v) is 17.2. The lowest BCUT2D eigenvalue weighted by atomic mass is 9.99. The van der Waals surface area contributed by atoms with E-state index in [1.807, 2.05) is 36.4 Å². The minimum atomic E-state index is -0.390. The van der Waals surface area contributed by atoms with Crippen LogP contribution in [0.3, 0.4) is 0 Å². The van der Waals surface area contributed by atoms with E-state index >= 15 is 0 Å². The lowest BCUT2D eigenvalue weighted by Crippen LogP contribution is -2.14. The number of benzene rings is 2. The lowest BCUT2D eigenvalue weighted by molar-refractivity contribution is 0.0523. The van der Waals surface area contributed by atoms with Crippen molar-refractivity contribution in [1.29, 1.82) is 0 Å². The predicted molar refractivity (Wildman–Crippen MR) is 113 cm³/mol. The van der Waals surface area contributed by atoms with Crippen molar-refractivity contribution in [2.75, 3.05) is 19.0 Å². The molecule has 1 N–H and O–H groups in total. The summed E-state index contributed by atoms with van der Waals surface area (Å²) in [6.07, 6.45) is 0. The molecule has 0 radical (unpaired) electrons. The van der Waals surface area contributed by atoms with Crippen LogP contribution in [0.5, 0.6) is 5.75 Å². The highest BCUT2D eigenvalue weighted by Gasteiger charge is 2.17. The van der Waals surface area contributed by atoms with Crippen molar-refractivity contribution in [3.8, 4) is 16.9 Å². The second kappa shape index (κ2) is 9.19. The fourth-order valence-electron chi connectivity index (χ4n) is 3.19. The third-order valence-corrected chi connectivity index (χ3v) is 4.61. The van der Waals surface area contributed by atoms with E-state index in [9.17, 15) is 4.79 Å². The molecule has 0 amide bonds. The monoisotopic (exact) mass is 391 g/mol. The Balaban J connectivity index is 1.81. The maximum absolute atomic E-state index is 12.1. The molecule has 29 heavy (non-hydrogen) atoms. The number of nitrogens with zero attached hydrogens (tertiary/aromatic N) is 2. The van der Waals surface area contributed by atoms with Gasteiger partial charge in [-0.3, -0.25) is 0 Å². The van der Waals surface area contributed by atoms with Crippen LogP contribution >= 0.6 is 0 Å². The Morgan fingerprint density at radius 1 is 1.00 bits per heavy atom. The van der Waals surface area contributed by atoms with Gasteiger partial charge in [-0.25, -0.2) is 14.8 Å². The summed E-state index contributed by atoms with van der Waals surface area (Å²) in [4.78, 5) is 21.0. The Morgan fingerprint density at radius 2 is 1.66 bits per heavy atom. The van der Waals surface area contributed by atoms with Crippen LogP contribution in [-0.4, -0.2) is 29.7 Å². The number of aromatic nitrogens is 2. The molecule has 2 aromatic carbocycles. The van der Waals surface area contributed by atoms with Crippen LogP contribution in [-0.2, 0) is 11.3 Å². The molecule has 0 unspecified atom stereocenters. The van der Waals surface area contributed by atoms with Crippen molar-refractivity contribution < 1.29 is 14.3 Å². The SMILES string of the molecule is CCOC(=O)c1c(C)nc(NCc2ccccc2-c2ccc(OC)cc2)nc1C. The summed E-state index contributed by atoms with van der Waals surface area (Å²) in [5.41, 5.74) is 4.97. The Hall–Kier alpha value is -3.41. The second-order valence-electron chi connectivity index (χ2n) is 6.55. The maximum Gasteiger partial charge on any atom is 0.341 e. The first-order valence-electron chi connectivity index (χ1n) is 9.52. The smallest absolute Gasteiger partial charge is 0.341 e. The lowest BCUT2D eigenvalue weighted by Gasteiger charge is -2.13. The van der Waals surface area contributed by atoms with Crippen molar-refractivity contribution in [2.45, 2.75) is 27.3 Å². The van der Waals surface area contributed by atoms with Gasteiger partial charge < -0.3 is 14.8 Å². The number of anilines is 1. The first-order chi connectivity index (χ1) is 14.0. The van der Waals surface area contributed by atoms with Gasteiger partial charge in [-0.15, -0.1) is 0 Å². The van der Waals surface area contributed by atoms with Crippen molar-refractivity contribution in [3.05, 3.63) is 71.0 Å². The Morgan fingerprint density at radius 3 is 2.28 bits per heavy atom. The van der Waals surface area contributed by atoms with E-state index in [1.165, 1.54) is 0 Å². The number of esters is 1. The van der Waals surface area contributed by atoms with Gasteiger partial charge in [0.15, 0.2) is 0 Å². The van der Waals surface area contributed by atoms with Gasteiger partial charge >= 0.3 is 5.97 Å². The molecule has 0 aliphatic carbocycles. The van der Waals surface area contributed by atoms with Gasteiger partial charge in [0.2, 0.25) is 5.95 Å². The third kappa shape index (κ3) is 4.71. The molecule has 0 spiro atoms. The average molecular weight is 391 g/mol. The van der Waals surface area contributed by atoms with Gasteiger partial charge in [-0.05, 0) is 49.6 Å². The molecular formula is C23H25N3O3. The molecule has 0 fully saturated rings. The largest absolute Gasteiger partial charge is 0.497 e. The number of carbonyl (C=O) groups is 1. The summed E-state index contributed by atoms with van der Waals surface area (Å²) in [7, 11) is 1.66. The van der Waals surface area contributed by atoms with E-state index in [4.69, 9.17) is 9.47 Å². The fraction of sp³-hybridized carbons (Fsp3) is 0.261. The van der Waals surface area contributed by atoms with Crippen LogP contribution in [0, 0.1) is 13.8 Å². The topological polar surface area (TPSA) is 73.3 Å². The molecule has 0 aliphatic rings. The number of carbonyl (C=O) groups excluding carboxylic acids is 1. The van der Waals surface area contributed by atoms with Crippen molar-refractivity contribution >= 4 is 11.9 Å². The third-order valence-electron chi connectivity index (χ3n) is 4.61. The molecule has 0 atom stereocenters. The maximum atomic E-state index is 12.1. The zero-order valence-electron chi connectivity index (χ0n) is 17.2. The Labute approximate surface area is 170 Å². The number of rotatable bonds is 7.